The zero-order valence-electron chi connectivity index (χ0n) is 17.4. The molecule has 0 bridgehead atoms. The number of carbonyl (C=O) groups excluding carboxylic acids is 1. The van der Waals surface area contributed by atoms with Crippen LogP contribution in [0.15, 0.2) is 53.4 Å². The molecular formula is C21H24N4O6S. The monoisotopic (exact) mass is 460 g/mol. The van der Waals surface area contributed by atoms with Crippen LogP contribution in [0.2, 0.25) is 0 Å². The number of anilines is 1. The molecular weight excluding hydrogens is 436 g/mol. The van der Waals surface area contributed by atoms with Gasteiger partial charge in [-0.05, 0) is 30.3 Å². The third-order valence-electron chi connectivity index (χ3n) is 5.68. The first-order chi connectivity index (χ1) is 15.4. The molecule has 32 heavy (non-hydrogen) atoms. The number of morpholine rings is 1. The van der Waals surface area contributed by atoms with E-state index in [1.165, 1.54) is 28.6 Å². The van der Waals surface area contributed by atoms with Crippen LogP contribution in [0.1, 0.15) is 10.4 Å². The SMILES string of the molecule is O=C(c1cccc(S(=O)(=O)N2CCOCC2)c1)N1CCN(c2ccc([N+](=O)[O-])cc2)CC1. The van der Waals surface area contributed by atoms with E-state index in [9.17, 15) is 23.3 Å². The molecule has 2 fully saturated rings. The van der Waals surface area contributed by atoms with Crippen LogP contribution in [0.4, 0.5) is 11.4 Å². The summed E-state index contributed by atoms with van der Waals surface area (Å²) in [7, 11) is -3.68. The van der Waals surface area contributed by atoms with Crippen molar-refractivity contribution in [1.82, 2.24) is 9.21 Å². The number of nitrogens with zero attached hydrogens (tertiary/aromatic N) is 4. The highest BCUT2D eigenvalue weighted by Crippen LogP contribution is 2.22. The number of benzene rings is 2. The summed E-state index contributed by atoms with van der Waals surface area (Å²) >= 11 is 0. The normalized spacial score (nSPS) is 17.9. The van der Waals surface area contributed by atoms with Crippen molar-refractivity contribution in [3.8, 4) is 0 Å². The van der Waals surface area contributed by atoms with Crippen LogP contribution < -0.4 is 4.90 Å². The van der Waals surface area contributed by atoms with Gasteiger partial charge in [-0.25, -0.2) is 8.42 Å². The molecule has 11 heteroatoms. The molecule has 0 saturated carbocycles. The highest BCUT2D eigenvalue weighted by atomic mass is 32.2. The van der Waals surface area contributed by atoms with Gasteiger partial charge in [-0.1, -0.05) is 6.07 Å². The van der Waals surface area contributed by atoms with Crippen molar-refractivity contribution in [3.63, 3.8) is 0 Å². The first kappa shape index (κ1) is 22.2. The predicted molar refractivity (Wildman–Crippen MR) is 117 cm³/mol. The minimum atomic E-state index is -3.68. The number of hydrogen-bond acceptors (Lipinski definition) is 7. The standard InChI is InChI=1S/C21H24N4O6S/c26-21(17-2-1-3-20(16-17)32(29,30)24-12-14-31-15-13-24)23-10-8-22(9-11-23)18-4-6-19(7-5-18)25(27)28/h1-7,16H,8-15H2. The Bertz CT molecular complexity index is 1090. The lowest BCUT2D eigenvalue weighted by Gasteiger charge is -2.36. The van der Waals surface area contributed by atoms with Crippen LogP contribution >= 0.6 is 0 Å². The maximum atomic E-state index is 13.0. The fourth-order valence-corrected chi connectivity index (χ4v) is 5.32. The van der Waals surface area contributed by atoms with Crippen molar-refractivity contribution in [3.05, 3.63) is 64.2 Å². The van der Waals surface area contributed by atoms with E-state index in [4.69, 9.17) is 4.74 Å². The lowest BCUT2D eigenvalue weighted by atomic mass is 10.1. The molecule has 0 atom stereocenters. The molecule has 0 radical (unpaired) electrons. The van der Waals surface area contributed by atoms with Gasteiger partial charge in [0, 0.05) is 62.7 Å². The number of piperazine rings is 1. The Morgan fingerprint density at radius 2 is 1.59 bits per heavy atom. The van der Waals surface area contributed by atoms with E-state index in [-0.39, 0.29) is 16.5 Å². The second-order valence-electron chi connectivity index (χ2n) is 7.60. The van der Waals surface area contributed by atoms with Gasteiger partial charge in [0.25, 0.3) is 11.6 Å². The minimum Gasteiger partial charge on any atom is -0.379 e. The van der Waals surface area contributed by atoms with Crippen LogP contribution in [0.25, 0.3) is 0 Å². The van der Waals surface area contributed by atoms with Crippen molar-refractivity contribution in [2.24, 2.45) is 0 Å². The second-order valence-corrected chi connectivity index (χ2v) is 9.53. The van der Waals surface area contributed by atoms with E-state index < -0.39 is 14.9 Å². The first-order valence-corrected chi connectivity index (χ1v) is 11.8. The Morgan fingerprint density at radius 3 is 2.22 bits per heavy atom. The van der Waals surface area contributed by atoms with Gasteiger partial charge in [0.05, 0.1) is 23.0 Å². The van der Waals surface area contributed by atoms with Crippen molar-refractivity contribution in [1.29, 1.82) is 0 Å². The lowest BCUT2D eigenvalue weighted by Crippen LogP contribution is -2.48. The molecule has 2 aromatic carbocycles. The molecule has 2 saturated heterocycles. The summed E-state index contributed by atoms with van der Waals surface area (Å²) in [4.78, 5) is 27.3. The zero-order valence-corrected chi connectivity index (χ0v) is 18.2. The Kier molecular flexibility index (Phi) is 6.40. The number of non-ortho nitro benzene ring substituents is 1. The van der Waals surface area contributed by atoms with Gasteiger partial charge in [0.15, 0.2) is 0 Å². The van der Waals surface area contributed by atoms with Crippen LogP contribution in [0.3, 0.4) is 0 Å². The number of ether oxygens (including phenoxy) is 1. The smallest absolute Gasteiger partial charge is 0.269 e. The van der Waals surface area contributed by atoms with E-state index in [2.05, 4.69) is 4.90 Å². The molecule has 1 amide bonds. The number of amides is 1. The number of hydrogen-bond donors (Lipinski definition) is 0. The van der Waals surface area contributed by atoms with Gasteiger partial charge in [-0.15, -0.1) is 0 Å². The highest BCUT2D eigenvalue weighted by molar-refractivity contribution is 7.89. The summed E-state index contributed by atoms with van der Waals surface area (Å²) in [5.74, 6) is -0.215. The molecule has 0 N–H and O–H groups in total. The van der Waals surface area contributed by atoms with Crippen molar-refractivity contribution in [2.75, 3.05) is 57.4 Å². The Balaban J connectivity index is 1.42. The van der Waals surface area contributed by atoms with E-state index >= 15 is 0 Å². The lowest BCUT2D eigenvalue weighted by molar-refractivity contribution is -0.384. The molecule has 2 aromatic rings. The van der Waals surface area contributed by atoms with E-state index in [0.29, 0.717) is 58.0 Å². The van der Waals surface area contributed by atoms with Gasteiger partial charge in [0.2, 0.25) is 10.0 Å². The average molecular weight is 461 g/mol. The molecule has 0 aliphatic carbocycles. The van der Waals surface area contributed by atoms with Crippen LogP contribution in [0.5, 0.6) is 0 Å². The Labute approximate surface area is 186 Å². The summed E-state index contributed by atoms with van der Waals surface area (Å²) < 4.78 is 32.4. The van der Waals surface area contributed by atoms with Gasteiger partial charge in [-0.2, -0.15) is 4.31 Å². The number of carbonyl (C=O) groups is 1. The average Bonchev–Trinajstić information content (AvgIpc) is 2.84. The van der Waals surface area contributed by atoms with E-state index in [0.717, 1.165) is 5.69 Å². The summed E-state index contributed by atoms with van der Waals surface area (Å²) in [6.07, 6.45) is 0. The number of rotatable bonds is 5. The quantitative estimate of drug-likeness (QED) is 0.492. The number of nitro groups is 1. The predicted octanol–water partition coefficient (Wildman–Crippen LogP) is 1.58. The minimum absolute atomic E-state index is 0.0366. The molecule has 0 aromatic heterocycles. The molecule has 170 valence electrons. The maximum absolute atomic E-state index is 13.0. The van der Waals surface area contributed by atoms with E-state index in [1.807, 2.05) is 0 Å². The maximum Gasteiger partial charge on any atom is 0.269 e. The van der Waals surface area contributed by atoms with Crippen molar-refractivity contribution < 1.29 is 22.9 Å². The van der Waals surface area contributed by atoms with E-state index in [1.54, 1.807) is 29.2 Å². The van der Waals surface area contributed by atoms with Crippen molar-refractivity contribution >= 4 is 27.3 Å². The highest BCUT2D eigenvalue weighted by Gasteiger charge is 2.28. The topological polar surface area (TPSA) is 113 Å². The first-order valence-electron chi connectivity index (χ1n) is 10.3. The fourth-order valence-electron chi connectivity index (χ4n) is 3.86. The van der Waals surface area contributed by atoms with Gasteiger partial charge >= 0.3 is 0 Å². The number of sulfonamides is 1. The molecule has 10 nitrogen and oxygen atoms in total. The summed E-state index contributed by atoms with van der Waals surface area (Å²) in [5, 5.41) is 10.8. The van der Waals surface area contributed by atoms with Crippen LogP contribution in [0, 0.1) is 10.1 Å². The molecule has 2 aliphatic heterocycles. The molecule has 0 spiro atoms. The molecule has 4 rings (SSSR count). The third-order valence-corrected chi connectivity index (χ3v) is 7.58. The van der Waals surface area contributed by atoms with Gasteiger partial charge in [-0.3, -0.25) is 14.9 Å². The largest absolute Gasteiger partial charge is 0.379 e. The van der Waals surface area contributed by atoms with Crippen molar-refractivity contribution in [2.45, 2.75) is 4.90 Å². The number of nitro benzene ring substituents is 1. The summed E-state index contributed by atoms with van der Waals surface area (Å²) in [6, 6.07) is 12.5. The summed E-state index contributed by atoms with van der Waals surface area (Å²) in [6.45, 7) is 3.40. The second kappa shape index (κ2) is 9.23. The molecule has 2 aliphatic rings. The zero-order chi connectivity index (χ0) is 22.7. The third kappa shape index (κ3) is 4.59. The fraction of sp³-hybridized carbons (Fsp3) is 0.381. The van der Waals surface area contributed by atoms with Gasteiger partial charge in [0.1, 0.15) is 0 Å². The molecule has 2 heterocycles. The Hall–Kier alpha value is -3.02. The van der Waals surface area contributed by atoms with Crippen LogP contribution in [-0.2, 0) is 14.8 Å². The van der Waals surface area contributed by atoms with Gasteiger partial charge < -0.3 is 14.5 Å². The molecule has 0 unspecified atom stereocenters. The van der Waals surface area contributed by atoms with Crippen LogP contribution in [-0.4, -0.2) is 80.9 Å². The summed E-state index contributed by atoms with van der Waals surface area (Å²) in [5.41, 5.74) is 1.24. The Morgan fingerprint density at radius 1 is 0.938 bits per heavy atom.